The van der Waals surface area contributed by atoms with Crippen molar-refractivity contribution in [3.05, 3.63) is 48.1 Å². The predicted molar refractivity (Wildman–Crippen MR) is 120 cm³/mol. The lowest BCUT2D eigenvalue weighted by Gasteiger charge is -2.35. The van der Waals surface area contributed by atoms with Gasteiger partial charge in [0.25, 0.3) is 0 Å². The molecule has 0 N–H and O–H groups in total. The SMILES string of the molecule is C=C(CC)N(CCCOCCN1CCN(CC(C)C)CC1)C1=CCC=CC=C1F. The zero-order valence-corrected chi connectivity index (χ0v) is 18.7. The molecule has 0 radical (unpaired) electrons. The van der Waals surface area contributed by atoms with Crippen molar-refractivity contribution >= 4 is 0 Å². The van der Waals surface area contributed by atoms with E-state index in [2.05, 4.69) is 37.1 Å². The van der Waals surface area contributed by atoms with Crippen LogP contribution in [0, 0.1) is 5.92 Å². The Morgan fingerprint density at radius 3 is 2.62 bits per heavy atom. The minimum Gasteiger partial charge on any atom is -0.380 e. The van der Waals surface area contributed by atoms with Crippen LogP contribution in [-0.4, -0.2) is 73.7 Å². The summed E-state index contributed by atoms with van der Waals surface area (Å²) in [5.41, 5.74) is 1.59. The first-order valence-electron chi connectivity index (χ1n) is 11.2. The second-order valence-corrected chi connectivity index (χ2v) is 8.34. The third-order valence-corrected chi connectivity index (χ3v) is 5.46. The molecular formula is C24H40FN3O. The molecule has 0 amide bonds. The summed E-state index contributed by atoms with van der Waals surface area (Å²) >= 11 is 0. The van der Waals surface area contributed by atoms with Gasteiger partial charge in [-0.25, -0.2) is 4.39 Å². The second kappa shape index (κ2) is 13.0. The molecule has 0 spiro atoms. The van der Waals surface area contributed by atoms with Crippen molar-refractivity contribution in [2.45, 2.75) is 40.0 Å². The van der Waals surface area contributed by atoms with Gasteiger partial charge in [0.05, 0.1) is 12.3 Å². The van der Waals surface area contributed by atoms with Gasteiger partial charge in [-0.3, -0.25) is 4.90 Å². The van der Waals surface area contributed by atoms with Crippen molar-refractivity contribution in [1.82, 2.24) is 14.7 Å². The van der Waals surface area contributed by atoms with Crippen LogP contribution in [-0.2, 0) is 4.74 Å². The molecule has 0 aromatic heterocycles. The van der Waals surface area contributed by atoms with Crippen LogP contribution >= 0.6 is 0 Å². The summed E-state index contributed by atoms with van der Waals surface area (Å²) in [5.74, 6) is 0.549. The minimum atomic E-state index is -0.189. The number of hydrogen-bond donors (Lipinski definition) is 0. The Labute approximate surface area is 177 Å². The van der Waals surface area contributed by atoms with Crippen molar-refractivity contribution in [2.24, 2.45) is 5.92 Å². The number of nitrogens with zero attached hydrogens (tertiary/aromatic N) is 3. The fraction of sp³-hybridized carbons (Fsp3) is 0.667. The molecule has 2 aliphatic rings. The van der Waals surface area contributed by atoms with E-state index in [1.54, 1.807) is 6.08 Å². The molecule has 1 heterocycles. The van der Waals surface area contributed by atoms with Gasteiger partial charge in [0.1, 0.15) is 5.83 Å². The van der Waals surface area contributed by atoms with E-state index in [4.69, 9.17) is 4.74 Å². The van der Waals surface area contributed by atoms with E-state index >= 15 is 0 Å². The summed E-state index contributed by atoms with van der Waals surface area (Å²) in [7, 11) is 0. The summed E-state index contributed by atoms with van der Waals surface area (Å²) in [6, 6.07) is 0. The van der Waals surface area contributed by atoms with Crippen molar-refractivity contribution < 1.29 is 9.13 Å². The summed E-state index contributed by atoms with van der Waals surface area (Å²) in [4.78, 5) is 7.06. The summed E-state index contributed by atoms with van der Waals surface area (Å²) in [6.45, 7) is 19.7. The number of rotatable bonds is 12. The second-order valence-electron chi connectivity index (χ2n) is 8.34. The number of allylic oxidation sites excluding steroid dienone is 6. The maximum absolute atomic E-state index is 14.4. The van der Waals surface area contributed by atoms with E-state index in [-0.39, 0.29) is 5.83 Å². The first-order valence-corrected chi connectivity index (χ1v) is 11.2. The molecule has 0 saturated carbocycles. The highest BCUT2D eigenvalue weighted by Gasteiger charge is 2.18. The van der Waals surface area contributed by atoms with Gasteiger partial charge in [0.2, 0.25) is 0 Å². The number of hydrogen-bond acceptors (Lipinski definition) is 4. The monoisotopic (exact) mass is 405 g/mol. The average Bonchev–Trinajstić information content (AvgIpc) is 2.92. The fourth-order valence-corrected chi connectivity index (χ4v) is 3.80. The number of ether oxygens (including phenoxy) is 1. The smallest absolute Gasteiger partial charge is 0.146 e. The van der Waals surface area contributed by atoms with Gasteiger partial charge in [-0.2, -0.15) is 0 Å². The van der Waals surface area contributed by atoms with E-state index in [0.717, 1.165) is 76.8 Å². The van der Waals surface area contributed by atoms with Crippen molar-refractivity contribution in [1.29, 1.82) is 0 Å². The van der Waals surface area contributed by atoms with Gasteiger partial charge >= 0.3 is 0 Å². The van der Waals surface area contributed by atoms with Crippen molar-refractivity contribution in [3.8, 4) is 0 Å². The van der Waals surface area contributed by atoms with Gasteiger partial charge in [0, 0.05) is 58.1 Å². The van der Waals surface area contributed by atoms with Crippen LogP contribution in [0.2, 0.25) is 0 Å². The van der Waals surface area contributed by atoms with Crippen LogP contribution in [0.4, 0.5) is 4.39 Å². The molecule has 0 atom stereocenters. The molecule has 1 saturated heterocycles. The molecule has 1 fully saturated rings. The highest BCUT2D eigenvalue weighted by atomic mass is 19.1. The molecule has 0 unspecified atom stereocenters. The lowest BCUT2D eigenvalue weighted by Crippen LogP contribution is -2.48. The molecule has 5 heteroatoms. The Kier molecular flexibility index (Phi) is 10.7. The van der Waals surface area contributed by atoms with Crippen LogP contribution in [0.15, 0.2) is 48.1 Å². The Bertz CT molecular complexity index is 589. The van der Waals surface area contributed by atoms with Gasteiger partial charge in [-0.15, -0.1) is 0 Å². The highest BCUT2D eigenvalue weighted by molar-refractivity contribution is 5.33. The zero-order chi connectivity index (χ0) is 21.1. The number of piperazine rings is 1. The third kappa shape index (κ3) is 8.45. The molecule has 1 aliphatic carbocycles. The highest BCUT2D eigenvalue weighted by Crippen LogP contribution is 2.25. The van der Waals surface area contributed by atoms with Crippen LogP contribution in [0.5, 0.6) is 0 Å². The van der Waals surface area contributed by atoms with E-state index in [1.165, 1.54) is 12.6 Å². The summed E-state index contributed by atoms with van der Waals surface area (Å²) in [6.07, 6.45) is 9.62. The van der Waals surface area contributed by atoms with Gasteiger partial charge < -0.3 is 14.5 Å². The van der Waals surface area contributed by atoms with Crippen LogP contribution < -0.4 is 0 Å². The van der Waals surface area contributed by atoms with Crippen LogP contribution in [0.1, 0.15) is 40.0 Å². The molecule has 0 aromatic carbocycles. The molecule has 164 valence electrons. The molecule has 4 nitrogen and oxygen atoms in total. The summed E-state index contributed by atoms with van der Waals surface area (Å²) in [5, 5.41) is 0. The normalized spacial score (nSPS) is 18.5. The zero-order valence-electron chi connectivity index (χ0n) is 18.7. The van der Waals surface area contributed by atoms with Gasteiger partial charge in [-0.05, 0) is 31.3 Å². The van der Waals surface area contributed by atoms with E-state index in [1.807, 2.05) is 17.1 Å². The molecule has 1 aliphatic heterocycles. The van der Waals surface area contributed by atoms with Crippen LogP contribution in [0.25, 0.3) is 0 Å². The first-order chi connectivity index (χ1) is 14.0. The number of halogens is 1. The van der Waals surface area contributed by atoms with E-state index in [0.29, 0.717) is 12.3 Å². The lowest BCUT2D eigenvalue weighted by molar-refractivity contribution is 0.0699. The van der Waals surface area contributed by atoms with Crippen molar-refractivity contribution in [3.63, 3.8) is 0 Å². The van der Waals surface area contributed by atoms with Gasteiger partial charge in [-0.1, -0.05) is 45.6 Å². The minimum absolute atomic E-state index is 0.189. The molecule has 29 heavy (non-hydrogen) atoms. The third-order valence-electron chi connectivity index (χ3n) is 5.46. The molecular weight excluding hydrogens is 365 g/mol. The first kappa shape index (κ1) is 23.8. The Morgan fingerprint density at radius 1 is 1.21 bits per heavy atom. The van der Waals surface area contributed by atoms with Crippen molar-refractivity contribution in [2.75, 3.05) is 59.0 Å². The Hall–Kier alpha value is -1.43. The maximum Gasteiger partial charge on any atom is 0.146 e. The average molecular weight is 406 g/mol. The summed E-state index contributed by atoms with van der Waals surface area (Å²) < 4.78 is 20.3. The quantitative estimate of drug-likeness (QED) is 0.442. The molecule has 0 bridgehead atoms. The van der Waals surface area contributed by atoms with E-state index < -0.39 is 0 Å². The Balaban J connectivity index is 1.65. The maximum atomic E-state index is 14.4. The van der Waals surface area contributed by atoms with Gasteiger partial charge in [0.15, 0.2) is 0 Å². The predicted octanol–water partition coefficient (Wildman–Crippen LogP) is 4.59. The molecule has 0 aromatic rings. The molecule has 2 rings (SSSR count). The van der Waals surface area contributed by atoms with Crippen LogP contribution in [0.3, 0.4) is 0 Å². The standard InChI is InChI=1S/C24H40FN3O/c1-5-22(4)28(24-11-8-6-7-10-23(24)25)12-9-18-29-19-17-26-13-15-27(16-14-26)20-21(2)3/h6-7,10-11,21H,4-5,8-9,12-20H2,1-3H3. The fourth-order valence-electron chi connectivity index (χ4n) is 3.80. The topological polar surface area (TPSA) is 19.0 Å². The lowest BCUT2D eigenvalue weighted by atomic mass is 10.2. The largest absolute Gasteiger partial charge is 0.380 e. The van der Waals surface area contributed by atoms with E-state index in [9.17, 15) is 4.39 Å². The Morgan fingerprint density at radius 2 is 1.93 bits per heavy atom.